The van der Waals surface area contributed by atoms with Crippen molar-refractivity contribution >= 4 is 43.5 Å². The van der Waals surface area contributed by atoms with Crippen LogP contribution in [-0.2, 0) is 0 Å². The van der Waals surface area contributed by atoms with E-state index < -0.39 is 0 Å². The van der Waals surface area contributed by atoms with Crippen LogP contribution in [0.1, 0.15) is 0 Å². The summed E-state index contributed by atoms with van der Waals surface area (Å²) in [7, 11) is 0. The molecule has 0 radical (unpaired) electrons. The first-order valence-electron chi connectivity index (χ1n) is 19.2. The summed E-state index contributed by atoms with van der Waals surface area (Å²) >= 11 is 0. The largest absolute Gasteiger partial charge is 0.455 e. The molecule has 0 saturated heterocycles. The third-order valence-electron chi connectivity index (χ3n) is 10.9. The predicted molar refractivity (Wildman–Crippen MR) is 235 cm³/mol. The van der Waals surface area contributed by atoms with Crippen LogP contribution in [0.15, 0.2) is 205 Å². The monoisotopic (exact) mass is 727 g/mol. The van der Waals surface area contributed by atoms with E-state index in [2.05, 4.69) is 158 Å². The molecule has 0 aliphatic rings. The summed E-state index contributed by atoms with van der Waals surface area (Å²) in [4.78, 5) is 15.6. The third kappa shape index (κ3) is 5.83. The van der Waals surface area contributed by atoms with Gasteiger partial charge in [-0.25, -0.2) is 15.0 Å². The second kappa shape index (κ2) is 13.6. The number of nitrogens with zero attached hydrogens (tertiary/aromatic N) is 3. The van der Waals surface area contributed by atoms with Gasteiger partial charge in [0.1, 0.15) is 11.2 Å². The van der Waals surface area contributed by atoms with Gasteiger partial charge in [-0.05, 0) is 85.8 Å². The van der Waals surface area contributed by atoms with E-state index in [4.69, 9.17) is 19.4 Å². The molecular weight excluding hydrogens is 695 g/mol. The minimum Gasteiger partial charge on any atom is -0.455 e. The SMILES string of the molecule is c1ccc(-c2cccc(-c3ccc(-c4nc(-c5ccccc5)nc(-c5ccc6cc(-c7ccccc7)ccc6c5)n4)c4c3oc3ccc5ccccc5c34)c2)cc1. The number of rotatable bonds is 6. The minimum atomic E-state index is 0.587. The van der Waals surface area contributed by atoms with Gasteiger partial charge in [0.05, 0.1) is 0 Å². The molecule has 11 aromatic rings. The van der Waals surface area contributed by atoms with E-state index in [1.165, 1.54) is 16.7 Å². The van der Waals surface area contributed by atoms with Gasteiger partial charge < -0.3 is 4.42 Å². The molecule has 0 amide bonds. The molecule has 9 aromatic carbocycles. The molecule has 57 heavy (non-hydrogen) atoms. The van der Waals surface area contributed by atoms with Gasteiger partial charge in [0.25, 0.3) is 0 Å². The van der Waals surface area contributed by atoms with E-state index in [9.17, 15) is 0 Å². The summed E-state index contributed by atoms with van der Waals surface area (Å²) < 4.78 is 6.90. The van der Waals surface area contributed by atoms with E-state index in [-0.39, 0.29) is 0 Å². The van der Waals surface area contributed by atoms with Gasteiger partial charge in [-0.1, -0.05) is 164 Å². The van der Waals surface area contributed by atoms with Crippen LogP contribution in [0, 0.1) is 0 Å². The molecule has 4 heteroatoms. The van der Waals surface area contributed by atoms with Crippen molar-refractivity contribution in [3.05, 3.63) is 200 Å². The molecule has 0 fully saturated rings. The van der Waals surface area contributed by atoms with Crippen LogP contribution < -0.4 is 0 Å². The molecule has 0 aliphatic carbocycles. The number of fused-ring (bicyclic) bond motifs is 6. The van der Waals surface area contributed by atoms with Gasteiger partial charge >= 0.3 is 0 Å². The number of hydrogen-bond acceptors (Lipinski definition) is 4. The molecule has 2 heterocycles. The fourth-order valence-electron chi connectivity index (χ4n) is 8.09. The van der Waals surface area contributed by atoms with Crippen molar-refractivity contribution < 1.29 is 4.42 Å². The van der Waals surface area contributed by atoms with E-state index in [1.54, 1.807) is 0 Å². The Balaban J connectivity index is 1.14. The standard InChI is InChI=1S/C53H33N3O/c1-4-13-34(14-5-1)38-20-12-21-42(32-38)45-28-29-46(49-48-44-22-11-10-17-36(44)27-30-47(48)57-50(45)49)53-55-51(37-18-8-3-9-19-37)54-52(56-53)43-26-25-40-31-39(23-24-41(40)33-43)35-15-6-2-7-16-35/h1-33H. The Hall–Kier alpha value is -7.69. The highest BCUT2D eigenvalue weighted by molar-refractivity contribution is 6.24. The molecule has 266 valence electrons. The lowest BCUT2D eigenvalue weighted by atomic mass is 9.94. The summed E-state index contributed by atoms with van der Waals surface area (Å²) in [6.07, 6.45) is 0. The van der Waals surface area contributed by atoms with Crippen LogP contribution in [0.2, 0.25) is 0 Å². The Morgan fingerprint density at radius 2 is 0.825 bits per heavy atom. The van der Waals surface area contributed by atoms with Crippen molar-refractivity contribution in [2.24, 2.45) is 0 Å². The van der Waals surface area contributed by atoms with Gasteiger partial charge in [0.15, 0.2) is 17.5 Å². The van der Waals surface area contributed by atoms with Gasteiger partial charge in [-0.3, -0.25) is 0 Å². The zero-order valence-corrected chi connectivity index (χ0v) is 30.8. The first-order chi connectivity index (χ1) is 28.2. The van der Waals surface area contributed by atoms with E-state index in [0.29, 0.717) is 17.5 Å². The molecule has 0 unspecified atom stereocenters. The van der Waals surface area contributed by atoms with Crippen LogP contribution >= 0.6 is 0 Å². The van der Waals surface area contributed by atoms with Gasteiger partial charge in [-0.15, -0.1) is 0 Å². The van der Waals surface area contributed by atoms with E-state index >= 15 is 0 Å². The van der Waals surface area contributed by atoms with Crippen molar-refractivity contribution in [3.8, 4) is 67.5 Å². The van der Waals surface area contributed by atoms with E-state index in [0.717, 1.165) is 76.9 Å². The fourth-order valence-corrected chi connectivity index (χ4v) is 8.09. The maximum Gasteiger partial charge on any atom is 0.164 e. The molecule has 0 aliphatic heterocycles. The average molecular weight is 728 g/mol. The first kappa shape index (κ1) is 32.7. The summed E-state index contributed by atoms with van der Waals surface area (Å²) in [5, 5.41) is 6.56. The van der Waals surface area contributed by atoms with Crippen LogP contribution in [0.4, 0.5) is 0 Å². The summed E-state index contributed by atoms with van der Waals surface area (Å²) in [5.41, 5.74) is 11.1. The summed E-state index contributed by atoms with van der Waals surface area (Å²) in [6.45, 7) is 0. The highest BCUT2D eigenvalue weighted by atomic mass is 16.3. The fraction of sp³-hybridized carbons (Fsp3) is 0. The van der Waals surface area contributed by atoms with Gasteiger partial charge in [-0.2, -0.15) is 0 Å². The smallest absolute Gasteiger partial charge is 0.164 e. The normalized spacial score (nSPS) is 11.5. The quantitative estimate of drug-likeness (QED) is 0.171. The predicted octanol–water partition coefficient (Wildman–Crippen LogP) is 14.1. The Bertz CT molecular complexity index is 3280. The lowest BCUT2D eigenvalue weighted by molar-refractivity contribution is 0.670. The summed E-state index contributed by atoms with van der Waals surface area (Å²) in [5.74, 6) is 1.81. The molecule has 2 aromatic heterocycles. The molecule has 0 saturated carbocycles. The third-order valence-corrected chi connectivity index (χ3v) is 10.9. The highest BCUT2D eigenvalue weighted by Crippen LogP contribution is 2.44. The lowest BCUT2D eigenvalue weighted by Crippen LogP contribution is -2.00. The number of hydrogen-bond donors (Lipinski definition) is 0. The molecule has 0 spiro atoms. The topological polar surface area (TPSA) is 51.8 Å². The van der Waals surface area contributed by atoms with Crippen LogP contribution in [0.25, 0.3) is 111 Å². The number of aromatic nitrogens is 3. The average Bonchev–Trinajstić information content (AvgIpc) is 3.70. The maximum absolute atomic E-state index is 6.90. The summed E-state index contributed by atoms with van der Waals surface area (Å²) in [6, 6.07) is 69.8. The Kier molecular flexibility index (Phi) is 7.78. The second-order valence-electron chi connectivity index (χ2n) is 14.4. The molecule has 4 nitrogen and oxygen atoms in total. The number of benzene rings is 9. The lowest BCUT2D eigenvalue weighted by Gasteiger charge is -2.12. The van der Waals surface area contributed by atoms with Gasteiger partial charge in [0.2, 0.25) is 0 Å². The maximum atomic E-state index is 6.90. The zero-order chi connectivity index (χ0) is 37.7. The Morgan fingerprint density at radius 1 is 0.298 bits per heavy atom. The Labute approximate surface area is 329 Å². The molecule has 0 atom stereocenters. The van der Waals surface area contributed by atoms with Crippen molar-refractivity contribution in [2.75, 3.05) is 0 Å². The number of furan rings is 1. The van der Waals surface area contributed by atoms with Crippen molar-refractivity contribution in [1.29, 1.82) is 0 Å². The molecule has 0 bridgehead atoms. The van der Waals surface area contributed by atoms with Crippen molar-refractivity contribution in [1.82, 2.24) is 15.0 Å². The van der Waals surface area contributed by atoms with Crippen LogP contribution in [0.3, 0.4) is 0 Å². The van der Waals surface area contributed by atoms with Gasteiger partial charge in [0, 0.05) is 33.0 Å². The minimum absolute atomic E-state index is 0.587. The van der Waals surface area contributed by atoms with E-state index in [1.807, 2.05) is 42.5 Å². The van der Waals surface area contributed by atoms with Crippen LogP contribution in [-0.4, -0.2) is 15.0 Å². The van der Waals surface area contributed by atoms with Crippen molar-refractivity contribution in [3.63, 3.8) is 0 Å². The highest BCUT2D eigenvalue weighted by Gasteiger charge is 2.22. The molecule has 11 rings (SSSR count). The second-order valence-corrected chi connectivity index (χ2v) is 14.4. The van der Waals surface area contributed by atoms with Crippen LogP contribution in [0.5, 0.6) is 0 Å². The van der Waals surface area contributed by atoms with Crippen molar-refractivity contribution in [2.45, 2.75) is 0 Å². The molecule has 0 N–H and O–H groups in total. The molecular formula is C53H33N3O. The Morgan fingerprint density at radius 3 is 1.56 bits per heavy atom. The zero-order valence-electron chi connectivity index (χ0n) is 30.8. The first-order valence-corrected chi connectivity index (χ1v) is 19.2.